The molecule has 1 saturated heterocycles. The summed E-state index contributed by atoms with van der Waals surface area (Å²) >= 11 is 0. The number of amides is 1. The molecule has 0 aromatic heterocycles. The van der Waals surface area contributed by atoms with Crippen molar-refractivity contribution in [2.75, 3.05) is 6.61 Å². The number of ether oxygens (including phenoxy) is 2. The fourth-order valence-corrected chi connectivity index (χ4v) is 6.44. The van der Waals surface area contributed by atoms with Crippen LogP contribution in [0.5, 0.6) is 0 Å². The first-order valence-corrected chi connectivity index (χ1v) is 19.8. The van der Waals surface area contributed by atoms with Crippen LogP contribution < -0.4 is 5.32 Å². The number of carboxylic acid groups (broad SMARTS) is 1. The van der Waals surface area contributed by atoms with Crippen LogP contribution in [0.4, 0.5) is 0 Å². The number of carbonyl (C=O) groups is 2. The molecule has 0 aliphatic carbocycles. The number of rotatable bonds is 32. The molecule has 49 heavy (non-hydrogen) atoms. The highest BCUT2D eigenvalue weighted by atomic mass is 16.7. The molecule has 0 aromatic rings. The van der Waals surface area contributed by atoms with Crippen molar-refractivity contribution in [1.29, 1.82) is 0 Å². The molecular formula is C38H73NO10. The van der Waals surface area contributed by atoms with Crippen LogP contribution in [-0.2, 0) is 19.1 Å². The Kier molecular flexibility index (Phi) is 27.3. The summed E-state index contributed by atoms with van der Waals surface area (Å²) in [5.74, 6) is -2.17. The molecule has 1 unspecified atom stereocenters. The summed E-state index contributed by atoms with van der Waals surface area (Å²) in [7, 11) is 0. The molecule has 8 atom stereocenters. The summed E-state index contributed by atoms with van der Waals surface area (Å²) in [5.41, 5.74) is 0. The zero-order valence-electron chi connectivity index (χ0n) is 30.8. The van der Waals surface area contributed by atoms with Crippen molar-refractivity contribution in [2.24, 2.45) is 0 Å². The highest BCUT2D eigenvalue weighted by Crippen LogP contribution is 2.23. The molecule has 0 radical (unpaired) electrons. The number of carbonyl (C=O) groups excluding carboxylic acids is 1. The van der Waals surface area contributed by atoms with Crippen molar-refractivity contribution < 1.29 is 49.7 Å². The Morgan fingerprint density at radius 1 is 0.612 bits per heavy atom. The van der Waals surface area contributed by atoms with Crippen LogP contribution in [0.15, 0.2) is 0 Å². The van der Waals surface area contributed by atoms with E-state index in [1.165, 1.54) is 96.3 Å². The van der Waals surface area contributed by atoms with Gasteiger partial charge in [0.25, 0.3) is 0 Å². The molecule has 1 fully saturated rings. The maximum Gasteiger partial charge on any atom is 0.335 e. The van der Waals surface area contributed by atoms with Gasteiger partial charge in [0.05, 0.1) is 18.8 Å². The van der Waals surface area contributed by atoms with Gasteiger partial charge in [-0.15, -0.1) is 0 Å². The normalized spacial score (nSPS) is 22.9. The Balaban J connectivity index is 2.53. The fraction of sp³-hybridized carbons (Fsp3) is 0.947. The zero-order valence-corrected chi connectivity index (χ0v) is 30.8. The van der Waals surface area contributed by atoms with E-state index in [0.717, 1.165) is 44.9 Å². The maximum absolute atomic E-state index is 12.9. The van der Waals surface area contributed by atoms with Gasteiger partial charge in [0, 0.05) is 0 Å². The Labute approximate surface area is 296 Å². The Hall–Kier alpha value is -1.34. The number of carboxylic acids is 1. The summed E-state index contributed by atoms with van der Waals surface area (Å²) in [6, 6.07) is -0.977. The van der Waals surface area contributed by atoms with Crippen LogP contribution in [0, 0.1) is 0 Å². The van der Waals surface area contributed by atoms with E-state index in [1.54, 1.807) is 0 Å². The Morgan fingerprint density at radius 2 is 1.02 bits per heavy atom. The van der Waals surface area contributed by atoms with Gasteiger partial charge in [0.15, 0.2) is 12.4 Å². The Morgan fingerprint density at radius 3 is 1.45 bits per heavy atom. The second-order valence-electron chi connectivity index (χ2n) is 14.3. The van der Waals surface area contributed by atoms with Gasteiger partial charge in [-0.05, 0) is 12.8 Å². The van der Waals surface area contributed by atoms with E-state index in [0.29, 0.717) is 19.3 Å². The average molecular weight is 704 g/mol. The third-order valence-electron chi connectivity index (χ3n) is 9.78. The number of aliphatic hydroxyl groups excluding tert-OH is 5. The number of hydrogen-bond acceptors (Lipinski definition) is 9. The average Bonchev–Trinajstić information content (AvgIpc) is 3.08. The number of aliphatic hydroxyl groups is 5. The van der Waals surface area contributed by atoms with Crippen LogP contribution in [-0.4, -0.2) is 98.1 Å². The van der Waals surface area contributed by atoms with Gasteiger partial charge in [0.1, 0.15) is 24.4 Å². The lowest BCUT2D eigenvalue weighted by Crippen LogP contribution is -2.61. The largest absolute Gasteiger partial charge is 0.479 e. The maximum atomic E-state index is 12.9. The van der Waals surface area contributed by atoms with Crippen LogP contribution in [0.3, 0.4) is 0 Å². The first-order chi connectivity index (χ1) is 23.6. The molecule has 290 valence electrons. The highest BCUT2D eigenvalue weighted by molar-refractivity contribution is 5.80. The topological polar surface area (TPSA) is 186 Å². The van der Waals surface area contributed by atoms with E-state index >= 15 is 0 Å². The van der Waals surface area contributed by atoms with E-state index in [9.17, 15) is 40.2 Å². The van der Waals surface area contributed by atoms with Gasteiger partial charge in [-0.1, -0.05) is 162 Å². The first kappa shape index (κ1) is 45.7. The molecule has 0 saturated carbocycles. The standard InChI is InChI=1S/C38H73NO10/c1-3-5-7-9-11-13-15-16-17-19-20-22-24-26-30(40)29(28-48-38-34(44)32(42)33(43)35(49-38)37(46)47)39-36(45)31(41)27-25-23-21-18-14-12-10-8-6-4-2/h29-35,38,40-44H,3-28H2,1-2H3,(H,39,45)(H,46,47)/t29-,30+,31?,32-,33+,34+,35-,38-/m0/s1. The van der Waals surface area contributed by atoms with Crippen molar-refractivity contribution >= 4 is 11.9 Å². The molecule has 1 heterocycles. The van der Waals surface area contributed by atoms with Crippen molar-refractivity contribution in [2.45, 2.75) is 223 Å². The van der Waals surface area contributed by atoms with E-state index in [1.807, 2.05) is 0 Å². The molecule has 1 rings (SSSR count). The van der Waals surface area contributed by atoms with Gasteiger partial charge < -0.3 is 45.4 Å². The van der Waals surface area contributed by atoms with E-state index in [-0.39, 0.29) is 6.61 Å². The Bertz CT molecular complexity index is 817. The lowest BCUT2D eigenvalue weighted by Gasteiger charge is -2.39. The van der Waals surface area contributed by atoms with Crippen molar-refractivity contribution in [1.82, 2.24) is 5.32 Å². The minimum absolute atomic E-state index is 0.291. The number of hydrogen-bond donors (Lipinski definition) is 7. The van der Waals surface area contributed by atoms with Gasteiger partial charge in [-0.25, -0.2) is 4.79 Å². The van der Waals surface area contributed by atoms with E-state index in [2.05, 4.69) is 19.2 Å². The molecule has 11 nitrogen and oxygen atoms in total. The number of unbranched alkanes of at least 4 members (excludes halogenated alkanes) is 21. The summed E-state index contributed by atoms with van der Waals surface area (Å²) in [6.45, 7) is 4.07. The molecular weight excluding hydrogens is 630 g/mol. The minimum atomic E-state index is -1.86. The molecule has 1 aliphatic rings. The molecule has 1 amide bonds. The predicted octanol–water partition coefficient (Wildman–Crippen LogP) is 5.89. The first-order valence-electron chi connectivity index (χ1n) is 19.8. The quantitative estimate of drug-likeness (QED) is 0.0417. The van der Waals surface area contributed by atoms with Crippen molar-refractivity contribution in [3.8, 4) is 0 Å². The molecule has 7 N–H and O–H groups in total. The minimum Gasteiger partial charge on any atom is -0.479 e. The van der Waals surface area contributed by atoms with Crippen LogP contribution in [0.1, 0.15) is 174 Å². The lowest BCUT2D eigenvalue weighted by atomic mass is 9.99. The lowest BCUT2D eigenvalue weighted by molar-refractivity contribution is -0.295. The summed E-state index contributed by atoms with van der Waals surface area (Å²) in [5, 5.41) is 64.1. The molecule has 1 aliphatic heterocycles. The van der Waals surface area contributed by atoms with Gasteiger partial charge in [0.2, 0.25) is 5.91 Å². The second-order valence-corrected chi connectivity index (χ2v) is 14.3. The van der Waals surface area contributed by atoms with Gasteiger partial charge in [-0.2, -0.15) is 0 Å². The molecule has 0 bridgehead atoms. The second kappa shape index (κ2) is 29.3. The summed E-state index contributed by atoms with van der Waals surface area (Å²) in [4.78, 5) is 24.4. The SMILES string of the molecule is CCCCCCCCCCCCCCC[C@@H](O)[C@H](CO[C@H]1O[C@H](C(=O)O)[C@H](O)[C@H](O)[C@H]1O)NC(=O)C(O)CCCCCCCCCCCC. The van der Waals surface area contributed by atoms with Crippen molar-refractivity contribution in [3.63, 3.8) is 0 Å². The van der Waals surface area contributed by atoms with Crippen LogP contribution in [0.2, 0.25) is 0 Å². The number of aliphatic carboxylic acids is 1. The zero-order chi connectivity index (χ0) is 36.3. The van der Waals surface area contributed by atoms with Crippen LogP contribution >= 0.6 is 0 Å². The third-order valence-corrected chi connectivity index (χ3v) is 9.78. The van der Waals surface area contributed by atoms with Crippen molar-refractivity contribution in [3.05, 3.63) is 0 Å². The fourth-order valence-electron chi connectivity index (χ4n) is 6.44. The highest BCUT2D eigenvalue weighted by Gasteiger charge is 2.47. The molecule has 11 heteroatoms. The van der Waals surface area contributed by atoms with E-state index < -0.39 is 60.8 Å². The van der Waals surface area contributed by atoms with Gasteiger partial charge in [-0.3, -0.25) is 4.79 Å². The molecule has 0 spiro atoms. The summed E-state index contributed by atoms with van der Waals surface area (Å²) < 4.78 is 10.8. The molecule has 0 aromatic carbocycles. The van der Waals surface area contributed by atoms with Crippen LogP contribution in [0.25, 0.3) is 0 Å². The smallest absolute Gasteiger partial charge is 0.335 e. The summed E-state index contributed by atoms with van der Waals surface area (Å²) in [6.07, 6.45) is 16.3. The monoisotopic (exact) mass is 704 g/mol. The van der Waals surface area contributed by atoms with E-state index in [4.69, 9.17) is 9.47 Å². The third kappa shape index (κ3) is 20.9. The number of nitrogens with one attached hydrogen (secondary N) is 1. The predicted molar refractivity (Wildman–Crippen MR) is 191 cm³/mol. The van der Waals surface area contributed by atoms with Gasteiger partial charge >= 0.3 is 5.97 Å².